The van der Waals surface area contributed by atoms with Gasteiger partial charge in [-0.05, 0) is 33.6 Å². The van der Waals surface area contributed by atoms with Gasteiger partial charge in [0.25, 0.3) is 0 Å². The van der Waals surface area contributed by atoms with Crippen LogP contribution in [0.4, 0.5) is 0 Å². The van der Waals surface area contributed by atoms with Crippen LogP contribution in [-0.2, 0) is 11.3 Å². The third-order valence-corrected chi connectivity index (χ3v) is 4.13. The molecule has 2 rings (SSSR count). The summed E-state index contributed by atoms with van der Waals surface area (Å²) in [6.07, 6.45) is 0. The fourth-order valence-corrected chi connectivity index (χ4v) is 2.97. The van der Waals surface area contributed by atoms with Crippen LogP contribution in [0.25, 0.3) is 0 Å². The van der Waals surface area contributed by atoms with E-state index in [0.717, 1.165) is 14.2 Å². The van der Waals surface area contributed by atoms with Gasteiger partial charge in [-0.15, -0.1) is 11.3 Å². The van der Waals surface area contributed by atoms with Gasteiger partial charge in [-0.2, -0.15) is 0 Å². The minimum Gasteiger partial charge on any atom is -0.350 e. The lowest BCUT2D eigenvalue weighted by Gasteiger charge is -2.11. The van der Waals surface area contributed by atoms with Crippen LogP contribution < -0.4 is 11.1 Å². The minimum atomic E-state index is -0.616. The molecule has 0 aliphatic carbocycles. The van der Waals surface area contributed by atoms with Crippen LogP contribution in [0, 0.1) is 0 Å². The first-order chi connectivity index (χ1) is 8.66. The Labute approximate surface area is 118 Å². The number of hydrogen-bond donors (Lipinski definition) is 2. The molecule has 5 heteroatoms. The summed E-state index contributed by atoms with van der Waals surface area (Å²) < 4.78 is 1.05. The summed E-state index contributed by atoms with van der Waals surface area (Å²) in [5, 5.41) is 2.84. The highest BCUT2D eigenvalue weighted by molar-refractivity contribution is 9.11. The largest absolute Gasteiger partial charge is 0.350 e. The molecular formula is C13H13BrN2OS. The van der Waals surface area contributed by atoms with Gasteiger partial charge in [0.2, 0.25) is 5.91 Å². The second-order valence-corrected chi connectivity index (χ2v) is 6.36. The predicted molar refractivity (Wildman–Crippen MR) is 77.2 cm³/mol. The molecule has 1 atom stereocenters. The molecule has 0 radical (unpaired) electrons. The van der Waals surface area contributed by atoms with Crippen molar-refractivity contribution in [2.75, 3.05) is 0 Å². The molecule has 0 fully saturated rings. The first kappa shape index (κ1) is 13.3. The highest BCUT2D eigenvalue weighted by atomic mass is 79.9. The lowest BCUT2D eigenvalue weighted by atomic mass is 10.1. The predicted octanol–water partition coefficient (Wildman–Crippen LogP) is 2.83. The molecule has 0 aliphatic rings. The molecule has 1 aromatic carbocycles. The van der Waals surface area contributed by atoms with Gasteiger partial charge in [-0.25, -0.2) is 0 Å². The van der Waals surface area contributed by atoms with Crippen LogP contribution in [0.2, 0.25) is 0 Å². The van der Waals surface area contributed by atoms with E-state index < -0.39 is 6.04 Å². The van der Waals surface area contributed by atoms with E-state index in [9.17, 15) is 4.79 Å². The molecule has 3 N–H and O–H groups in total. The first-order valence-corrected chi connectivity index (χ1v) is 7.10. The van der Waals surface area contributed by atoms with E-state index in [-0.39, 0.29) is 5.91 Å². The Kier molecular flexibility index (Phi) is 4.52. The average Bonchev–Trinajstić information content (AvgIpc) is 2.82. The number of carbonyl (C=O) groups excluding carboxylic acids is 1. The normalized spacial score (nSPS) is 12.1. The lowest BCUT2D eigenvalue weighted by Crippen LogP contribution is -2.33. The Morgan fingerprint density at radius 2 is 2.00 bits per heavy atom. The maximum atomic E-state index is 11.9. The van der Waals surface area contributed by atoms with E-state index in [1.54, 1.807) is 11.3 Å². The van der Waals surface area contributed by atoms with E-state index in [1.165, 1.54) is 0 Å². The van der Waals surface area contributed by atoms with Gasteiger partial charge >= 0.3 is 0 Å². The van der Waals surface area contributed by atoms with E-state index >= 15 is 0 Å². The number of carbonyl (C=O) groups is 1. The summed E-state index contributed by atoms with van der Waals surface area (Å²) in [4.78, 5) is 13.0. The van der Waals surface area contributed by atoms with Crippen LogP contribution in [0.1, 0.15) is 16.5 Å². The number of amides is 1. The van der Waals surface area contributed by atoms with E-state index in [2.05, 4.69) is 21.2 Å². The van der Waals surface area contributed by atoms with E-state index in [4.69, 9.17) is 5.73 Å². The third kappa shape index (κ3) is 3.41. The molecule has 0 aliphatic heterocycles. The van der Waals surface area contributed by atoms with Crippen LogP contribution in [-0.4, -0.2) is 5.91 Å². The summed E-state index contributed by atoms with van der Waals surface area (Å²) in [6, 6.07) is 12.7. The number of rotatable bonds is 4. The van der Waals surface area contributed by atoms with Gasteiger partial charge in [0.15, 0.2) is 0 Å². The Bertz CT molecular complexity index is 527. The van der Waals surface area contributed by atoms with Crippen LogP contribution in [0.3, 0.4) is 0 Å². The van der Waals surface area contributed by atoms with E-state index in [0.29, 0.717) is 6.54 Å². The van der Waals surface area contributed by atoms with Crippen LogP contribution >= 0.6 is 27.3 Å². The topological polar surface area (TPSA) is 55.1 Å². The molecule has 0 bridgehead atoms. The van der Waals surface area contributed by atoms with Gasteiger partial charge in [-0.3, -0.25) is 4.79 Å². The van der Waals surface area contributed by atoms with Crippen molar-refractivity contribution in [2.24, 2.45) is 5.73 Å². The molecule has 2 aromatic rings. The molecule has 18 heavy (non-hydrogen) atoms. The summed E-state index contributed by atoms with van der Waals surface area (Å²) in [7, 11) is 0. The molecule has 94 valence electrons. The lowest BCUT2D eigenvalue weighted by molar-refractivity contribution is -0.122. The van der Waals surface area contributed by atoms with E-state index in [1.807, 2.05) is 42.5 Å². The molecule has 3 nitrogen and oxygen atoms in total. The van der Waals surface area contributed by atoms with Crippen molar-refractivity contribution < 1.29 is 4.79 Å². The highest BCUT2D eigenvalue weighted by Gasteiger charge is 2.14. The second kappa shape index (κ2) is 6.13. The van der Waals surface area contributed by atoms with Crippen molar-refractivity contribution >= 4 is 33.2 Å². The highest BCUT2D eigenvalue weighted by Crippen LogP contribution is 2.21. The number of hydrogen-bond acceptors (Lipinski definition) is 3. The van der Waals surface area contributed by atoms with Gasteiger partial charge < -0.3 is 11.1 Å². The maximum absolute atomic E-state index is 11.9. The van der Waals surface area contributed by atoms with Crippen molar-refractivity contribution in [1.82, 2.24) is 5.32 Å². The molecule has 0 saturated heterocycles. The first-order valence-electron chi connectivity index (χ1n) is 5.49. The Hall–Kier alpha value is -1.17. The summed E-state index contributed by atoms with van der Waals surface area (Å²) in [6.45, 7) is 0.510. The van der Waals surface area contributed by atoms with Crippen molar-refractivity contribution in [1.29, 1.82) is 0 Å². The molecule has 0 saturated carbocycles. The molecule has 0 unspecified atom stereocenters. The minimum absolute atomic E-state index is 0.161. The monoisotopic (exact) mass is 324 g/mol. The van der Waals surface area contributed by atoms with Gasteiger partial charge in [0.05, 0.1) is 10.3 Å². The van der Waals surface area contributed by atoms with Crippen LogP contribution in [0.5, 0.6) is 0 Å². The van der Waals surface area contributed by atoms with Crippen molar-refractivity contribution in [2.45, 2.75) is 12.6 Å². The molecular weight excluding hydrogens is 312 g/mol. The van der Waals surface area contributed by atoms with Crippen molar-refractivity contribution in [3.63, 3.8) is 0 Å². The number of benzene rings is 1. The molecule has 1 amide bonds. The number of thiophene rings is 1. The average molecular weight is 325 g/mol. The summed E-state index contributed by atoms with van der Waals surface area (Å²) in [5.41, 5.74) is 6.71. The van der Waals surface area contributed by atoms with Crippen molar-refractivity contribution in [3.05, 3.63) is 56.7 Å². The molecule has 1 heterocycles. The summed E-state index contributed by atoms with van der Waals surface area (Å²) >= 11 is 4.98. The Balaban J connectivity index is 1.92. The third-order valence-electron chi connectivity index (χ3n) is 2.51. The van der Waals surface area contributed by atoms with Gasteiger partial charge in [0, 0.05) is 4.88 Å². The zero-order valence-electron chi connectivity index (χ0n) is 9.60. The fourth-order valence-electron chi connectivity index (χ4n) is 1.54. The van der Waals surface area contributed by atoms with Crippen LogP contribution in [0.15, 0.2) is 46.3 Å². The van der Waals surface area contributed by atoms with Gasteiger partial charge in [-0.1, -0.05) is 30.3 Å². The second-order valence-electron chi connectivity index (χ2n) is 3.81. The quantitative estimate of drug-likeness (QED) is 0.908. The van der Waals surface area contributed by atoms with Crippen molar-refractivity contribution in [3.8, 4) is 0 Å². The zero-order valence-corrected chi connectivity index (χ0v) is 12.0. The zero-order chi connectivity index (χ0) is 13.0. The van der Waals surface area contributed by atoms with Gasteiger partial charge in [0.1, 0.15) is 6.04 Å². The summed E-state index contributed by atoms with van der Waals surface area (Å²) in [5.74, 6) is -0.161. The smallest absolute Gasteiger partial charge is 0.241 e. The fraction of sp³-hybridized carbons (Fsp3) is 0.154. The number of nitrogens with two attached hydrogens (primary N) is 1. The SMILES string of the molecule is N[C@H](C(=O)NCc1ccc(Br)s1)c1ccccc1. The number of nitrogens with one attached hydrogen (secondary N) is 1. The standard InChI is InChI=1S/C13H13BrN2OS/c14-11-7-6-10(18-11)8-16-13(17)12(15)9-4-2-1-3-5-9/h1-7,12H,8,15H2,(H,16,17)/t12-/m0/s1. The molecule has 0 spiro atoms. The number of halogens is 1. The Morgan fingerprint density at radius 1 is 1.28 bits per heavy atom. The Morgan fingerprint density at radius 3 is 2.61 bits per heavy atom. The maximum Gasteiger partial charge on any atom is 0.241 e. The molecule has 1 aromatic heterocycles.